The van der Waals surface area contributed by atoms with Crippen LogP contribution in [0.2, 0.25) is 0 Å². The standard InChI is InChI=1S/C28H51O2PS2/c1-3-5-7-9-11-13-15-17-19-22-26-24-21-25-27(28(26)30-31(29,32)33)23-20-18-16-14-12-10-8-6-4-2/h21,24-25H,3-20,22-23H2,1-2H3,(H2,29,32,33)/p-2. The van der Waals surface area contributed by atoms with Gasteiger partial charge in [-0.3, -0.25) is 0 Å². The summed E-state index contributed by atoms with van der Waals surface area (Å²) in [7, 11) is 0. The minimum Gasteiger partial charge on any atom is -0.682 e. The average Bonchev–Trinajstić information content (AvgIpc) is 2.77. The van der Waals surface area contributed by atoms with E-state index in [1.54, 1.807) is 0 Å². The van der Waals surface area contributed by atoms with Gasteiger partial charge in [-0.25, -0.2) is 0 Å². The lowest BCUT2D eigenvalue weighted by Crippen LogP contribution is -2.12. The average molecular weight is 513 g/mol. The summed E-state index contributed by atoms with van der Waals surface area (Å²) in [6.45, 7) is 4.53. The zero-order chi connectivity index (χ0) is 24.2. The lowest BCUT2D eigenvalue weighted by atomic mass is 9.98. The van der Waals surface area contributed by atoms with Crippen molar-refractivity contribution in [3.63, 3.8) is 0 Å². The van der Waals surface area contributed by atoms with Gasteiger partial charge < -0.3 is 33.9 Å². The van der Waals surface area contributed by atoms with Crippen LogP contribution in [0.15, 0.2) is 18.2 Å². The molecule has 0 unspecified atom stereocenters. The lowest BCUT2D eigenvalue weighted by Gasteiger charge is -2.43. The first kappa shape index (κ1) is 31.1. The van der Waals surface area contributed by atoms with E-state index in [0.717, 1.165) is 42.6 Å². The number of para-hydroxylation sites is 1. The third-order valence-corrected chi connectivity index (χ3v) is 7.33. The van der Waals surface area contributed by atoms with Gasteiger partial charge in [0.05, 0.1) is 0 Å². The first-order valence-electron chi connectivity index (χ1n) is 13.8. The highest BCUT2D eigenvalue weighted by molar-refractivity contribution is 8.69. The van der Waals surface area contributed by atoms with Crippen LogP contribution in [-0.2, 0) is 37.3 Å². The van der Waals surface area contributed by atoms with Crippen molar-refractivity contribution in [3.05, 3.63) is 29.3 Å². The smallest absolute Gasteiger partial charge is 0.174 e. The van der Waals surface area contributed by atoms with Crippen LogP contribution in [-0.4, -0.2) is 0 Å². The van der Waals surface area contributed by atoms with Crippen LogP contribution >= 0.6 is 6.12 Å². The van der Waals surface area contributed by atoms with Crippen LogP contribution in [0.4, 0.5) is 0 Å². The Kier molecular flexibility index (Phi) is 19.2. The molecule has 0 amide bonds. The zero-order valence-corrected chi connectivity index (χ0v) is 24.0. The van der Waals surface area contributed by atoms with Crippen molar-refractivity contribution >= 4 is 30.6 Å². The highest BCUT2D eigenvalue weighted by atomic mass is 33.1. The molecule has 0 spiro atoms. The number of hydrogen-bond donors (Lipinski definition) is 0. The van der Waals surface area contributed by atoms with E-state index >= 15 is 0 Å². The third kappa shape index (κ3) is 17.2. The molecule has 0 atom stereocenters. The number of rotatable bonds is 22. The van der Waals surface area contributed by atoms with Gasteiger partial charge in [-0.1, -0.05) is 135 Å². The van der Waals surface area contributed by atoms with Gasteiger partial charge >= 0.3 is 0 Å². The predicted octanol–water partition coefficient (Wildman–Crippen LogP) is 9.34. The Morgan fingerprint density at radius 2 is 0.939 bits per heavy atom. The molecule has 0 fully saturated rings. The Hall–Kier alpha value is 0.110. The second-order valence-electron chi connectivity index (χ2n) is 9.60. The molecule has 0 aliphatic carbocycles. The molecular weight excluding hydrogens is 463 g/mol. The summed E-state index contributed by atoms with van der Waals surface area (Å²) < 4.78 is 5.72. The van der Waals surface area contributed by atoms with Crippen molar-refractivity contribution in [1.29, 1.82) is 0 Å². The van der Waals surface area contributed by atoms with Crippen LogP contribution in [0.1, 0.15) is 141 Å². The molecule has 1 aromatic rings. The number of unbranched alkanes of at least 4 members (excludes halogenated alkanes) is 16. The molecule has 0 heterocycles. The first-order chi connectivity index (χ1) is 16.0. The summed E-state index contributed by atoms with van der Waals surface area (Å²) in [5.41, 5.74) is 2.25. The fourth-order valence-corrected chi connectivity index (χ4v) is 5.42. The molecule has 0 radical (unpaired) electrons. The fraction of sp³-hybridized carbons (Fsp3) is 0.786. The summed E-state index contributed by atoms with van der Waals surface area (Å²) in [5, 5.41) is 0. The second kappa shape index (κ2) is 20.3. The SMILES string of the molecule is CCCCCCCCCCCc1cccc(CCCCCCCCCCC)c1O[P+]([O-])([S-])[S-]. The van der Waals surface area contributed by atoms with E-state index in [9.17, 15) is 4.89 Å². The van der Waals surface area contributed by atoms with Crippen molar-refractivity contribution in [2.75, 3.05) is 0 Å². The maximum atomic E-state index is 12.1. The molecule has 1 rings (SSSR count). The van der Waals surface area contributed by atoms with E-state index < -0.39 is 6.12 Å². The van der Waals surface area contributed by atoms with Crippen LogP contribution in [0, 0.1) is 0 Å². The summed E-state index contributed by atoms with van der Waals surface area (Å²) >= 11 is 9.92. The van der Waals surface area contributed by atoms with Gasteiger partial charge in [-0.2, -0.15) is 0 Å². The molecule has 5 heteroatoms. The molecule has 33 heavy (non-hydrogen) atoms. The van der Waals surface area contributed by atoms with Crippen LogP contribution < -0.4 is 9.42 Å². The van der Waals surface area contributed by atoms with Crippen molar-refractivity contribution in [3.8, 4) is 5.75 Å². The van der Waals surface area contributed by atoms with Gasteiger partial charge in [-0.05, 0) is 36.8 Å². The Morgan fingerprint density at radius 3 is 1.27 bits per heavy atom. The van der Waals surface area contributed by atoms with Crippen LogP contribution in [0.5, 0.6) is 5.75 Å². The third-order valence-electron chi connectivity index (χ3n) is 6.48. The topological polar surface area (TPSA) is 32.3 Å². The normalized spacial score (nSPS) is 11.8. The lowest BCUT2D eigenvalue weighted by molar-refractivity contribution is -0.169. The molecule has 0 aromatic heterocycles. The van der Waals surface area contributed by atoms with E-state index in [1.165, 1.54) is 103 Å². The van der Waals surface area contributed by atoms with E-state index in [-0.39, 0.29) is 0 Å². The predicted molar refractivity (Wildman–Crippen MR) is 151 cm³/mol. The van der Waals surface area contributed by atoms with Crippen molar-refractivity contribution in [1.82, 2.24) is 0 Å². The Labute approximate surface area is 216 Å². The minimum absolute atomic E-state index is 0.727. The molecule has 0 aliphatic heterocycles. The molecule has 0 bridgehead atoms. The van der Waals surface area contributed by atoms with Crippen LogP contribution in [0.3, 0.4) is 0 Å². The zero-order valence-electron chi connectivity index (χ0n) is 21.5. The summed E-state index contributed by atoms with van der Waals surface area (Å²) in [6.07, 6.45) is 22.0. The molecule has 0 saturated heterocycles. The first-order valence-corrected chi connectivity index (χ1v) is 17.5. The highest BCUT2D eigenvalue weighted by Gasteiger charge is 2.13. The molecule has 0 saturated carbocycles. The minimum atomic E-state index is -3.40. The van der Waals surface area contributed by atoms with E-state index in [4.69, 9.17) is 29.0 Å². The number of hydrogen-bond acceptors (Lipinski definition) is 4. The summed E-state index contributed by atoms with van der Waals surface area (Å²) in [6, 6.07) is 6.30. The van der Waals surface area contributed by atoms with Gasteiger partial charge in [0.25, 0.3) is 0 Å². The van der Waals surface area contributed by atoms with Crippen molar-refractivity contribution in [2.24, 2.45) is 0 Å². The highest BCUT2D eigenvalue weighted by Crippen LogP contribution is 2.48. The molecule has 1 aromatic carbocycles. The Bertz CT molecular complexity index is 550. The molecule has 0 aliphatic rings. The molecule has 0 N–H and O–H groups in total. The largest absolute Gasteiger partial charge is 0.682 e. The maximum absolute atomic E-state index is 12.1. The van der Waals surface area contributed by atoms with Crippen molar-refractivity contribution < 1.29 is 9.42 Å². The van der Waals surface area contributed by atoms with Gasteiger partial charge in [0.15, 0.2) is 5.75 Å². The second-order valence-corrected chi connectivity index (χ2v) is 14.3. The number of benzene rings is 1. The van der Waals surface area contributed by atoms with Gasteiger partial charge in [0.2, 0.25) is 0 Å². The Morgan fingerprint density at radius 1 is 0.606 bits per heavy atom. The summed E-state index contributed by atoms with van der Waals surface area (Å²) in [5.74, 6) is 0.727. The monoisotopic (exact) mass is 512 g/mol. The maximum Gasteiger partial charge on any atom is 0.174 e. The van der Waals surface area contributed by atoms with Crippen molar-refractivity contribution in [2.45, 2.75) is 142 Å². The molecule has 192 valence electrons. The Balaban J connectivity index is 2.42. The fourth-order valence-electron chi connectivity index (χ4n) is 4.51. The molecule has 2 nitrogen and oxygen atoms in total. The van der Waals surface area contributed by atoms with Gasteiger partial charge in [0, 0.05) is 0 Å². The molecular formula is C28H49O2PS2-2. The van der Waals surface area contributed by atoms with E-state index in [2.05, 4.69) is 32.0 Å². The van der Waals surface area contributed by atoms with Crippen LogP contribution in [0.25, 0.3) is 0 Å². The quantitative estimate of drug-likeness (QED) is 0.0880. The van der Waals surface area contributed by atoms with Gasteiger partial charge in [0.1, 0.15) is 0 Å². The van der Waals surface area contributed by atoms with E-state index in [1.807, 2.05) is 0 Å². The van der Waals surface area contributed by atoms with Gasteiger partial charge in [-0.15, -0.1) is 6.12 Å². The number of aryl methyl sites for hydroxylation is 2. The summed E-state index contributed by atoms with van der Waals surface area (Å²) in [4.78, 5) is 12.1. The van der Waals surface area contributed by atoms with E-state index in [0.29, 0.717) is 0 Å².